The second-order valence-electron chi connectivity index (χ2n) is 7.00. The van der Waals surface area contributed by atoms with E-state index in [2.05, 4.69) is 31.7 Å². The van der Waals surface area contributed by atoms with E-state index in [0.717, 1.165) is 9.15 Å². The first-order valence-electron chi connectivity index (χ1n) is 8.61. The van der Waals surface area contributed by atoms with Gasteiger partial charge in [0, 0.05) is 17.4 Å². The number of fused-ring (bicyclic) bond motifs is 1. The Morgan fingerprint density at radius 3 is 2.63 bits per heavy atom. The monoisotopic (exact) mass is 444 g/mol. The van der Waals surface area contributed by atoms with Gasteiger partial charge in [-0.3, -0.25) is 4.79 Å². The molecule has 1 aromatic carbocycles. The summed E-state index contributed by atoms with van der Waals surface area (Å²) in [7, 11) is 0. The Morgan fingerprint density at radius 2 is 2.04 bits per heavy atom. The molecule has 2 aromatic rings. The number of hydrogen-bond acceptors (Lipinski definition) is 3. The van der Waals surface area contributed by atoms with Gasteiger partial charge in [0.1, 0.15) is 11.4 Å². The lowest BCUT2D eigenvalue weighted by molar-refractivity contribution is -0.173. The molecule has 146 valence electrons. The third-order valence-corrected chi connectivity index (χ3v) is 4.95. The molecule has 0 radical (unpaired) electrons. The summed E-state index contributed by atoms with van der Waals surface area (Å²) >= 11 is 3.32. The summed E-state index contributed by atoms with van der Waals surface area (Å²) in [4.78, 5) is 12.4. The van der Waals surface area contributed by atoms with E-state index in [1.807, 2.05) is 13.8 Å². The maximum atomic E-state index is 13.6. The molecule has 5 nitrogen and oxygen atoms in total. The van der Waals surface area contributed by atoms with E-state index in [-0.39, 0.29) is 23.7 Å². The van der Waals surface area contributed by atoms with E-state index in [9.17, 15) is 18.0 Å². The molecule has 0 bridgehead atoms. The molecule has 2 N–H and O–H groups in total. The summed E-state index contributed by atoms with van der Waals surface area (Å²) in [6.07, 6.45) is -3.48. The third-order valence-electron chi connectivity index (χ3n) is 4.43. The highest BCUT2D eigenvalue weighted by atomic mass is 79.9. The van der Waals surface area contributed by atoms with Crippen molar-refractivity contribution in [3.8, 4) is 0 Å². The average Bonchev–Trinajstić information content (AvgIpc) is 3.02. The van der Waals surface area contributed by atoms with Crippen LogP contribution >= 0.6 is 15.9 Å². The molecule has 0 spiro atoms. The molecule has 0 aliphatic carbocycles. The van der Waals surface area contributed by atoms with E-state index in [1.165, 1.54) is 6.20 Å². The fourth-order valence-corrected chi connectivity index (χ4v) is 3.30. The fourth-order valence-electron chi connectivity index (χ4n) is 3.03. The Morgan fingerprint density at radius 1 is 1.37 bits per heavy atom. The van der Waals surface area contributed by atoms with Gasteiger partial charge in [-0.15, -0.1) is 0 Å². The summed E-state index contributed by atoms with van der Waals surface area (Å²) in [6.45, 7) is 4.31. The predicted molar refractivity (Wildman–Crippen MR) is 99.6 cm³/mol. The summed E-state index contributed by atoms with van der Waals surface area (Å²) in [5.74, 6) is -0.112. The van der Waals surface area contributed by atoms with E-state index >= 15 is 0 Å². The zero-order chi connectivity index (χ0) is 19.8. The van der Waals surface area contributed by atoms with Crippen molar-refractivity contribution in [1.29, 1.82) is 0 Å². The van der Waals surface area contributed by atoms with Gasteiger partial charge in [-0.2, -0.15) is 18.3 Å². The minimum absolute atomic E-state index is 0.0951. The zero-order valence-electron chi connectivity index (χ0n) is 14.8. The Labute approximate surface area is 163 Å². The van der Waals surface area contributed by atoms with Gasteiger partial charge in [-0.05, 0) is 23.6 Å². The standard InChI is InChI=1S/C18H20BrF3N4O/c1-10(2)8-23-17(27)13-9-24-26-15(18(20,21)22)7-14(25-16(13)26)11-3-5-12(19)6-4-11/h3-6,9-10,14-15,25H,7-8H2,1-2H3,(H,23,27)/t14-,15+/m0/s1. The number of anilines is 1. The fraction of sp³-hybridized carbons (Fsp3) is 0.444. The number of carbonyl (C=O) groups is 1. The highest BCUT2D eigenvalue weighted by Gasteiger charge is 2.47. The minimum Gasteiger partial charge on any atom is -0.363 e. The first kappa shape index (κ1) is 19.7. The van der Waals surface area contributed by atoms with Crippen LogP contribution in [0.3, 0.4) is 0 Å². The SMILES string of the molecule is CC(C)CNC(=O)c1cnn2c1N[C@H](c1ccc(Br)cc1)C[C@@H]2C(F)(F)F. The number of hydrogen-bond donors (Lipinski definition) is 2. The summed E-state index contributed by atoms with van der Waals surface area (Å²) in [6, 6.07) is 4.71. The lowest BCUT2D eigenvalue weighted by atomic mass is 9.96. The van der Waals surface area contributed by atoms with Gasteiger partial charge in [0.05, 0.1) is 12.2 Å². The Bertz CT molecular complexity index is 817. The van der Waals surface area contributed by atoms with Gasteiger partial charge >= 0.3 is 6.18 Å². The van der Waals surface area contributed by atoms with E-state index in [4.69, 9.17) is 0 Å². The number of nitrogens with zero attached hydrogens (tertiary/aromatic N) is 2. The number of carbonyl (C=O) groups excluding carboxylic acids is 1. The van der Waals surface area contributed by atoms with Gasteiger partial charge in [0.15, 0.2) is 6.04 Å². The quantitative estimate of drug-likeness (QED) is 0.718. The molecule has 0 unspecified atom stereocenters. The van der Waals surface area contributed by atoms with Crippen molar-refractivity contribution in [2.24, 2.45) is 5.92 Å². The molecule has 2 atom stereocenters. The van der Waals surface area contributed by atoms with Crippen LogP contribution in [0.4, 0.5) is 19.0 Å². The molecular formula is C18H20BrF3N4O. The van der Waals surface area contributed by atoms with Crippen LogP contribution in [0.1, 0.15) is 48.3 Å². The van der Waals surface area contributed by atoms with Crippen molar-refractivity contribution < 1.29 is 18.0 Å². The van der Waals surface area contributed by atoms with Gasteiger partial charge in [-0.1, -0.05) is 41.9 Å². The third kappa shape index (κ3) is 4.28. The Balaban J connectivity index is 1.96. The first-order valence-corrected chi connectivity index (χ1v) is 9.40. The summed E-state index contributed by atoms with van der Waals surface area (Å²) < 4.78 is 42.6. The van der Waals surface area contributed by atoms with E-state index in [1.54, 1.807) is 24.3 Å². The minimum atomic E-state index is -4.47. The van der Waals surface area contributed by atoms with Gasteiger partial charge < -0.3 is 10.6 Å². The van der Waals surface area contributed by atoms with Crippen LogP contribution in [0.5, 0.6) is 0 Å². The number of nitrogens with one attached hydrogen (secondary N) is 2. The van der Waals surface area contributed by atoms with Crippen molar-refractivity contribution in [3.05, 3.63) is 46.1 Å². The molecule has 9 heteroatoms. The van der Waals surface area contributed by atoms with Crippen molar-refractivity contribution in [1.82, 2.24) is 15.1 Å². The molecular weight excluding hydrogens is 425 g/mol. The number of rotatable bonds is 4. The van der Waals surface area contributed by atoms with Crippen LogP contribution in [0, 0.1) is 5.92 Å². The van der Waals surface area contributed by atoms with Gasteiger partial charge in [0.25, 0.3) is 5.91 Å². The first-order chi connectivity index (χ1) is 12.7. The number of aromatic nitrogens is 2. The molecule has 1 amide bonds. The van der Waals surface area contributed by atoms with Gasteiger partial charge in [0.2, 0.25) is 0 Å². The predicted octanol–water partition coefficient (Wildman–Crippen LogP) is 4.69. The maximum Gasteiger partial charge on any atom is 0.410 e. The topological polar surface area (TPSA) is 59.0 Å². The molecule has 0 fully saturated rings. The van der Waals surface area contributed by atoms with Crippen LogP contribution in [0.25, 0.3) is 0 Å². The van der Waals surface area contributed by atoms with Crippen molar-refractivity contribution in [3.63, 3.8) is 0 Å². The maximum absolute atomic E-state index is 13.6. The Kier molecular flexibility index (Phi) is 5.50. The molecule has 3 rings (SSSR count). The molecule has 1 aliphatic rings. The van der Waals surface area contributed by atoms with Crippen LogP contribution < -0.4 is 10.6 Å². The smallest absolute Gasteiger partial charge is 0.363 e. The lowest BCUT2D eigenvalue weighted by Crippen LogP contribution is -2.36. The summed E-state index contributed by atoms with van der Waals surface area (Å²) in [5, 5.41) is 9.67. The average molecular weight is 445 g/mol. The molecule has 27 heavy (non-hydrogen) atoms. The van der Waals surface area contributed by atoms with Crippen molar-refractivity contribution in [2.45, 2.75) is 38.5 Å². The van der Waals surface area contributed by atoms with Crippen molar-refractivity contribution in [2.75, 3.05) is 11.9 Å². The molecule has 0 saturated heterocycles. The van der Waals surface area contributed by atoms with Crippen LogP contribution in [-0.4, -0.2) is 28.4 Å². The molecule has 1 aromatic heterocycles. The normalized spacial score (nSPS) is 19.5. The lowest BCUT2D eigenvalue weighted by Gasteiger charge is -2.34. The number of alkyl halides is 3. The highest BCUT2D eigenvalue weighted by molar-refractivity contribution is 9.10. The van der Waals surface area contributed by atoms with Crippen molar-refractivity contribution >= 4 is 27.7 Å². The van der Waals surface area contributed by atoms with E-state index < -0.39 is 24.2 Å². The number of halogens is 4. The number of benzene rings is 1. The van der Waals surface area contributed by atoms with Gasteiger partial charge in [-0.25, -0.2) is 4.68 Å². The number of amides is 1. The van der Waals surface area contributed by atoms with Crippen LogP contribution in [0.15, 0.2) is 34.9 Å². The molecule has 1 aliphatic heterocycles. The Hall–Kier alpha value is -2.03. The largest absolute Gasteiger partial charge is 0.410 e. The van der Waals surface area contributed by atoms with E-state index in [0.29, 0.717) is 12.1 Å². The van der Waals surface area contributed by atoms with Crippen LogP contribution in [-0.2, 0) is 0 Å². The van der Waals surface area contributed by atoms with Crippen LogP contribution in [0.2, 0.25) is 0 Å². The second kappa shape index (κ2) is 7.53. The second-order valence-corrected chi connectivity index (χ2v) is 7.91. The zero-order valence-corrected chi connectivity index (χ0v) is 16.4. The highest BCUT2D eigenvalue weighted by Crippen LogP contribution is 2.44. The molecule has 2 heterocycles. The molecule has 0 saturated carbocycles. The summed E-state index contributed by atoms with van der Waals surface area (Å²) in [5.41, 5.74) is 0.833.